The number of nitrogens with two attached hydrogens (primary N) is 1. The molecule has 0 aromatic carbocycles. The minimum absolute atomic E-state index is 0.0598. The van der Waals surface area contributed by atoms with Crippen LogP contribution in [0.1, 0.15) is 30.3 Å². The van der Waals surface area contributed by atoms with Gasteiger partial charge in [-0.1, -0.05) is 13.3 Å². The van der Waals surface area contributed by atoms with Gasteiger partial charge in [-0.25, -0.2) is 0 Å². The van der Waals surface area contributed by atoms with Crippen LogP contribution in [-0.4, -0.2) is 23.5 Å². The molecule has 1 amide bonds. The second-order valence-corrected chi connectivity index (χ2v) is 4.34. The predicted octanol–water partition coefficient (Wildman–Crippen LogP) is 1.63. The number of hydrogen-bond donors (Lipinski definition) is 3. The van der Waals surface area contributed by atoms with Crippen LogP contribution in [-0.2, 0) is 0 Å². The molecule has 0 saturated heterocycles. The Morgan fingerprint density at radius 3 is 2.93 bits per heavy atom. The van der Waals surface area contributed by atoms with Gasteiger partial charge in [0.15, 0.2) is 0 Å². The van der Waals surface area contributed by atoms with Crippen LogP contribution in [0.15, 0.2) is 16.7 Å². The van der Waals surface area contributed by atoms with Crippen molar-refractivity contribution in [2.75, 3.05) is 6.54 Å². The summed E-state index contributed by atoms with van der Waals surface area (Å²) >= 11 is 3.28. The smallest absolute Gasteiger partial charge is 0.267 e. The minimum atomic E-state index is -0.107. The molecule has 1 aromatic heterocycles. The Kier molecular flexibility index (Phi) is 4.84. The average molecular weight is 274 g/mol. The summed E-state index contributed by atoms with van der Waals surface area (Å²) in [5.41, 5.74) is 6.11. The van der Waals surface area contributed by atoms with Gasteiger partial charge in [-0.3, -0.25) is 4.79 Å². The van der Waals surface area contributed by atoms with E-state index in [0.29, 0.717) is 12.2 Å². The van der Waals surface area contributed by atoms with Gasteiger partial charge in [-0.05, 0) is 28.4 Å². The highest BCUT2D eigenvalue weighted by Gasteiger charge is 2.12. The molecule has 84 valence electrons. The van der Waals surface area contributed by atoms with Crippen LogP contribution in [0.3, 0.4) is 0 Å². The summed E-state index contributed by atoms with van der Waals surface area (Å²) in [7, 11) is 0. The molecule has 0 radical (unpaired) electrons. The Labute approximate surface area is 97.7 Å². The van der Waals surface area contributed by atoms with Crippen LogP contribution < -0.4 is 11.1 Å². The maximum absolute atomic E-state index is 11.7. The molecule has 1 aromatic rings. The monoisotopic (exact) mass is 273 g/mol. The summed E-state index contributed by atoms with van der Waals surface area (Å²) in [6.45, 7) is 2.54. The Bertz CT molecular complexity index is 324. The van der Waals surface area contributed by atoms with Crippen LogP contribution in [0.4, 0.5) is 0 Å². The standard InChI is InChI=1S/C10H16BrN3O/c1-2-3-8(5-12)14-10(15)9-4-7(11)6-13-9/h4,6,8,13H,2-3,5,12H2,1H3,(H,14,15). The molecule has 1 heterocycles. The number of halogens is 1. The van der Waals surface area contributed by atoms with Crippen molar-refractivity contribution in [3.05, 3.63) is 22.4 Å². The lowest BCUT2D eigenvalue weighted by Gasteiger charge is -2.14. The summed E-state index contributed by atoms with van der Waals surface area (Å²) in [4.78, 5) is 14.6. The zero-order chi connectivity index (χ0) is 11.3. The van der Waals surface area contributed by atoms with Crippen LogP contribution >= 0.6 is 15.9 Å². The molecule has 0 fully saturated rings. The van der Waals surface area contributed by atoms with Crippen LogP contribution in [0.2, 0.25) is 0 Å². The highest BCUT2D eigenvalue weighted by atomic mass is 79.9. The first kappa shape index (κ1) is 12.3. The Morgan fingerprint density at radius 1 is 1.73 bits per heavy atom. The number of H-pyrrole nitrogens is 1. The van der Waals surface area contributed by atoms with Gasteiger partial charge in [0.25, 0.3) is 5.91 Å². The number of aromatic nitrogens is 1. The fourth-order valence-electron chi connectivity index (χ4n) is 1.36. The number of carbonyl (C=O) groups excluding carboxylic acids is 1. The Hall–Kier alpha value is -0.810. The molecule has 4 nitrogen and oxygen atoms in total. The first-order valence-corrected chi connectivity index (χ1v) is 5.81. The third-order valence-corrected chi connectivity index (χ3v) is 2.61. The summed E-state index contributed by atoms with van der Waals surface area (Å²) in [6.07, 6.45) is 3.65. The zero-order valence-corrected chi connectivity index (χ0v) is 10.3. The SMILES string of the molecule is CCCC(CN)NC(=O)c1cc(Br)c[nH]1. The quantitative estimate of drug-likeness (QED) is 0.763. The molecule has 0 aliphatic rings. The van der Waals surface area contributed by atoms with Crippen LogP contribution in [0.5, 0.6) is 0 Å². The number of aromatic amines is 1. The number of amides is 1. The molecule has 4 N–H and O–H groups in total. The summed E-state index contributed by atoms with van der Waals surface area (Å²) in [6, 6.07) is 1.80. The molecule has 5 heteroatoms. The number of nitrogens with one attached hydrogen (secondary N) is 2. The molecular formula is C10H16BrN3O. The minimum Gasteiger partial charge on any atom is -0.356 e. The molecule has 15 heavy (non-hydrogen) atoms. The van der Waals surface area contributed by atoms with Crippen molar-refractivity contribution in [1.82, 2.24) is 10.3 Å². The average Bonchev–Trinajstić information content (AvgIpc) is 2.64. The fourth-order valence-corrected chi connectivity index (χ4v) is 1.70. The normalized spacial score (nSPS) is 12.5. The molecule has 0 aliphatic carbocycles. The molecule has 1 unspecified atom stereocenters. The number of carbonyl (C=O) groups is 1. The first-order valence-electron chi connectivity index (χ1n) is 5.02. The van der Waals surface area contributed by atoms with Gasteiger partial charge in [0.2, 0.25) is 0 Å². The lowest BCUT2D eigenvalue weighted by atomic mass is 10.1. The summed E-state index contributed by atoms with van der Waals surface area (Å²) < 4.78 is 0.868. The zero-order valence-electron chi connectivity index (χ0n) is 8.72. The van der Waals surface area contributed by atoms with Gasteiger partial charge in [0.05, 0.1) is 0 Å². The molecule has 0 saturated carbocycles. The van der Waals surface area contributed by atoms with Crippen molar-refractivity contribution in [3.63, 3.8) is 0 Å². The molecule has 0 spiro atoms. The van der Waals surface area contributed by atoms with Crippen molar-refractivity contribution >= 4 is 21.8 Å². The van der Waals surface area contributed by atoms with E-state index in [1.54, 1.807) is 12.3 Å². The van der Waals surface area contributed by atoms with Crippen LogP contribution in [0, 0.1) is 0 Å². The van der Waals surface area contributed by atoms with E-state index in [9.17, 15) is 4.79 Å². The molecule has 0 aliphatic heterocycles. The van der Waals surface area contributed by atoms with Crippen molar-refractivity contribution < 1.29 is 4.79 Å². The highest BCUT2D eigenvalue weighted by molar-refractivity contribution is 9.10. The summed E-state index contributed by atoms with van der Waals surface area (Å²) in [5.74, 6) is -0.107. The Balaban J connectivity index is 2.54. The Morgan fingerprint density at radius 2 is 2.47 bits per heavy atom. The number of rotatable bonds is 5. The molecule has 1 atom stereocenters. The predicted molar refractivity (Wildman–Crippen MR) is 63.7 cm³/mol. The van der Waals surface area contributed by atoms with Crippen molar-refractivity contribution in [3.8, 4) is 0 Å². The highest BCUT2D eigenvalue weighted by Crippen LogP contribution is 2.10. The van der Waals surface area contributed by atoms with E-state index in [4.69, 9.17) is 5.73 Å². The van der Waals surface area contributed by atoms with Crippen LogP contribution in [0.25, 0.3) is 0 Å². The van der Waals surface area contributed by atoms with E-state index in [1.807, 2.05) is 0 Å². The van der Waals surface area contributed by atoms with E-state index in [2.05, 4.69) is 33.2 Å². The van der Waals surface area contributed by atoms with Crippen molar-refractivity contribution in [1.29, 1.82) is 0 Å². The van der Waals surface area contributed by atoms with E-state index in [0.717, 1.165) is 17.3 Å². The van der Waals surface area contributed by atoms with E-state index in [1.165, 1.54) is 0 Å². The van der Waals surface area contributed by atoms with Gasteiger partial charge >= 0.3 is 0 Å². The molecular weight excluding hydrogens is 258 g/mol. The van der Waals surface area contributed by atoms with E-state index in [-0.39, 0.29) is 11.9 Å². The maximum Gasteiger partial charge on any atom is 0.267 e. The third kappa shape index (κ3) is 3.68. The lowest BCUT2D eigenvalue weighted by Crippen LogP contribution is -2.40. The van der Waals surface area contributed by atoms with E-state index < -0.39 is 0 Å². The van der Waals surface area contributed by atoms with Gasteiger partial charge in [-0.15, -0.1) is 0 Å². The lowest BCUT2D eigenvalue weighted by molar-refractivity contribution is 0.0931. The third-order valence-electron chi connectivity index (χ3n) is 2.15. The second-order valence-electron chi connectivity index (χ2n) is 3.43. The largest absolute Gasteiger partial charge is 0.356 e. The van der Waals surface area contributed by atoms with Crippen molar-refractivity contribution in [2.24, 2.45) is 5.73 Å². The van der Waals surface area contributed by atoms with Gasteiger partial charge in [0, 0.05) is 23.3 Å². The summed E-state index contributed by atoms with van der Waals surface area (Å²) in [5, 5.41) is 2.88. The van der Waals surface area contributed by atoms with Gasteiger partial charge < -0.3 is 16.0 Å². The molecule has 1 rings (SSSR count). The van der Waals surface area contributed by atoms with Gasteiger partial charge in [0.1, 0.15) is 5.69 Å². The van der Waals surface area contributed by atoms with Gasteiger partial charge in [-0.2, -0.15) is 0 Å². The number of hydrogen-bond acceptors (Lipinski definition) is 2. The van der Waals surface area contributed by atoms with Crippen molar-refractivity contribution in [2.45, 2.75) is 25.8 Å². The fraction of sp³-hybridized carbons (Fsp3) is 0.500. The van der Waals surface area contributed by atoms with E-state index >= 15 is 0 Å². The topological polar surface area (TPSA) is 70.9 Å². The first-order chi connectivity index (χ1) is 7.17. The maximum atomic E-state index is 11.7. The second kappa shape index (κ2) is 5.92. The molecule has 0 bridgehead atoms.